The Labute approximate surface area is 162 Å². The summed E-state index contributed by atoms with van der Waals surface area (Å²) in [6.07, 6.45) is 0. The van der Waals surface area contributed by atoms with Gasteiger partial charge in [-0.2, -0.15) is 0 Å². The first kappa shape index (κ1) is 16.0. The minimum Gasteiger partial charge on any atom is -0.456 e. The van der Waals surface area contributed by atoms with Crippen LogP contribution in [0.5, 0.6) is 0 Å². The predicted octanol–water partition coefficient (Wildman–Crippen LogP) is 7.71. The number of hydrogen-bond donors (Lipinski definition) is 0. The molecule has 0 atom stereocenters. The van der Waals surface area contributed by atoms with Gasteiger partial charge in [-0.3, -0.25) is 0 Å². The third kappa shape index (κ3) is 2.84. The highest BCUT2D eigenvalue weighted by molar-refractivity contribution is 6.30. The number of rotatable bonds is 3. The van der Waals surface area contributed by atoms with E-state index in [1.54, 1.807) is 0 Å². The zero-order chi connectivity index (χ0) is 18.2. The van der Waals surface area contributed by atoms with E-state index in [-0.39, 0.29) is 0 Å². The fourth-order valence-corrected chi connectivity index (χ4v) is 3.68. The average Bonchev–Trinajstić information content (AvgIpc) is 3.07. The van der Waals surface area contributed by atoms with E-state index in [4.69, 9.17) is 16.0 Å². The molecule has 3 heteroatoms. The van der Waals surface area contributed by atoms with E-state index in [9.17, 15) is 0 Å². The molecule has 0 bridgehead atoms. The summed E-state index contributed by atoms with van der Waals surface area (Å²) in [5.41, 5.74) is 4.87. The zero-order valence-electron chi connectivity index (χ0n) is 14.5. The lowest BCUT2D eigenvalue weighted by Gasteiger charge is -2.25. The summed E-state index contributed by atoms with van der Waals surface area (Å²) < 4.78 is 6.09. The van der Waals surface area contributed by atoms with Gasteiger partial charge in [-0.15, -0.1) is 0 Å². The van der Waals surface area contributed by atoms with Crippen LogP contribution >= 0.6 is 11.6 Å². The second kappa shape index (κ2) is 6.49. The monoisotopic (exact) mass is 369 g/mol. The van der Waals surface area contributed by atoms with Crippen LogP contribution in [0, 0.1) is 0 Å². The fraction of sp³-hybridized carbons (Fsp3) is 0. The van der Waals surface area contributed by atoms with E-state index in [0.717, 1.165) is 39.0 Å². The van der Waals surface area contributed by atoms with Gasteiger partial charge in [-0.25, -0.2) is 0 Å². The summed E-state index contributed by atoms with van der Waals surface area (Å²) in [6.45, 7) is 0. The number of para-hydroxylation sites is 2. The SMILES string of the molecule is Clc1cccc(N(c2ccccc2)c2ccc3c(c2)oc2ccccc23)c1. The Morgan fingerprint density at radius 2 is 1.26 bits per heavy atom. The van der Waals surface area contributed by atoms with Crippen molar-refractivity contribution in [1.29, 1.82) is 0 Å². The molecular weight excluding hydrogens is 354 g/mol. The molecule has 1 aromatic heterocycles. The maximum atomic E-state index is 6.27. The lowest BCUT2D eigenvalue weighted by atomic mass is 10.1. The van der Waals surface area contributed by atoms with Crippen molar-refractivity contribution in [2.24, 2.45) is 0 Å². The lowest BCUT2D eigenvalue weighted by molar-refractivity contribution is 0.669. The Morgan fingerprint density at radius 3 is 2.11 bits per heavy atom. The molecule has 5 aromatic rings. The number of halogens is 1. The fourth-order valence-electron chi connectivity index (χ4n) is 3.49. The van der Waals surface area contributed by atoms with Gasteiger partial charge in [-0.05, 0) is 48.5 Å². The molecule has 0 N–H and O–H groups in total. The smallest absolute Gasteiger partial charge is 0.137 e. The Kier molecular flexibility index (Phi) is 3.84. The summed E-state index contributed by atoms with van der Waals surface area (Å²) in [5, 5.41) is 2.96. The van der Waals surface area contributed by atoms with Gasteiger partial charge < -0.3 is 9.32 Å². The number of benzene rings is 4. The maximum absolute atomic E-state index is 6.27. The molecule has 0 radical (unpaired) electrons. The van der Waals surface area contributed by atoms with Crippen LogP contribution in [-0.2, 0) is 0 Å². The average molecular weight is 370 g/mol. The molecule has 2 nitrogen and oxygen atoms in total. The van der Waals surface area contributed by atoms with Crippen LogP contribution < -0.4 is 4.90 Å². The third-order valence-electron chi connectivity index (χ3n) is 4.70. The zero-order valence-corrected chi connectivity index (χ0v) is 15.2. The van der Waals surface area contributed by atoms with E-state index in [1.165, 1.54) is 0 Å². The number of fused-ring (bicyclic) bond motifs is 3. The summed E-state index contributed by atoms with van der Waals surface area (Å²) in [6, 6.07) is 32.6. The van der Waals surface area contributed by atoms with Crippen molar-refractivity contribution in [3.05, 3.63) is 102 Å². The molecule has 130 valence electrons. The van der Waals surface area contributed by atoms with Crippen LogP contribution in [0.2, 0.25) is 5.02 Å². The van der Waals surface area contributed by atoms with Crippen molar-refractivity contribution in [1.82, 2.24) is 0 Å². The standard InChI is InChI=1S/C24H16ClNO/c25-17-7-6-10-19(15-17)26(18-8-2-1-3-9-18)20-13-14-22-21-11-4-5-12-23(21)27-24(22)16-20/h1-16H. The van der Waals surface area contributed by atoms with Crippen molar-refractivity contribution in [2.75, 3.05) is 4.90 Å². The highest BCUT2D eigenvalue weighted by Crippen LogP contribution is 2.38. The minimum atomic E-state index is 0.707. The molecule has 0 saturated heterocycles. The molecule has 0 aliphatic rings. The summed E-state index contributed by atoms with van der Waals surface area (Å²) >= 11 is 6.27. The first-order valence-electron chi connectivity index (χ1n) is 8.82. The molecule has 0 saturated carbocycles. The molecule has 5 rings (SSSR count). The maximum Gasteiger partial charge on any atom is 0.137 e. The number of hydrogen-bond acceptors (Lipinski definition) is 2. The second-order valence-corrected chi connectivity index (χ2v) is 6.87. The quantitative estimate of drug-likeness (QED) is 0.324. The van der Waals surface area contributed by atoms with Crippen molar-refractivity contribution in [3.8, 4) is 0 Å². The number of nitrogens with zero attached hydrogens (tertiary/aromatic N) is 1. The summed E-state index contributed by atoms with van der Waals surface area (Å²) in [7, 11) is 0. The summed E-state index contributed by atoms with van der Waals surface area (Å²) in [5.74, 6) is 0. The molecule has 0 spiro atoms. The van der Waals surface area contributed by atoms with E-state index < -0.39 is 0 Å². The molecule has 1 heterocycles. The van der Waals surface area contributed by atoms with Gasteiger partial charge in [0.15, 0.2) is 0 Å². The molecule has 0 amide bonds. The first-order chi connectivity index (χ1) is 13.3. The van der Waals surface area contributed by atoms with Crippen molar-refractivity contribution in [3.63, 3.8) is 0 Å². The van der Waals surface area contributed by atoms with E-state index in [1.807, 2.05) is 54.6 Å². The molecule has 0 unspecified atom stereocenters. The van der Waals surface area contributed by atoms with Crippen molar-refractivity contribution < 1.29 is 4.42 Å². The van der Waals surface area contributed by atoms with Crippen molar-refractivity contribution in [2.45, 2.75) is 0 Å². The Bertz CT molecular complexity index is 1240. The van der Waals surface area contributed by atoms with Gasteiger partial charge in [0.1, 0.15) is 11.2 Å². The van der Waals surface area contributed by atoms with E-state index >= 15 is 0 Å². The molecule has 0 aliphatic carbocycles. The predicted molar refractivity (Wildman–Crippen MR) is 113 cm³/mol. The van der Waals surface area contributed by atoms with Gasteiger partial charge in [-0.1, -0.05) is 54.1 Å². The molecule has 27 heavy (non-hydrogen) atoms. The Hall–Kier alpha value is -3.23. The lowest BCUT2D eigenvalue weighted by Crippen LogP contribution is -2.09. The Morgan fingerprint density at radius 1 is 0.556 bits per heavy atom. The normalized spacial score (nSPS) is 11.1. The van der Waals surface area contributed by atoms with Crippen molar-refractivity contribution >= 4 is 50.6 Å². The van der Waals surface area contributed by atoms with E-state index in [2.05, 4.69) is 47.4 Å². The van der Waals surface area contributed by atoms with Crippen LogP contribution in [0.3, 0.4) is 0 Å². The third-order valence-corrected chi connectivity index (χ3v) is 4.94. The summed E-state index contributed by atoms with van der Waals surface area (Å²) in [4.78, 5) is 2.18. The minimum absolute atomic E-state index is 0.707. The van der Waals surface area contributed by atoms with Gasteiger partial charge in [0.2, 0.25) is 0 Å². The highest BCUT2D eigenvalue weighted by Gasteiger charge is 2.15. The first-order valence-corrected chi connectivity index (χ1v) is 9.19. The van der Waals surface area contributed by atoms with Crippen LogP contribution in [0.25, 0.3) is 21.9 Å². The van der Waals surface area contributed by atoms with E-state index in [0.29, 0.717) is 5.02 Å². The second-order valence-electron chi connectivity index (χ2n) is 6.43. The van der Waals surface area contributed by atoms with Gasteiger partial charge in [0.05, 0.1) is 0 Å². The molecule has 0 fully saturated rings. The molecular formula is C24H16ClNO. The topological polar surface area (TPSA) is 16.4 Å². The van der Waals surface area contributed by atoms with Gasteiger partial charge in [0, 0.05) is 38.9 Å². The molecule has 0 aliphatic heterocycles. The largest absolute Gasteiger partial charge is 0.456 e. The van der Waals surface area contributed by atoms with Crippen LogP contribution in [-0.4, -0.2) is 0 Å². The van der Waals surface area contributed by atoms with Crippen LogP contribution in [0.1, 0.15) is 0 Å². The van der Waals surface area contributed by atoms with Crippen LogP contribution in [0.15, 0.2) is 101 Å². The number of anilines is 3. The van der Waals surface area contributed by atoms with Crippen LogP contribution in [0.4, 0.5) is 17.1 Å². The number of furan rings is 1. The highest BCUT2D eigenvalue weighted by atomic mass is 35.5. The Balaban J connectivity index is 1.72. The van der Waals surface area contributed by atoms with Gasteiger partial charge >= 0.3 is 0 Å². The molecule has 4 aromatic carbocycles. The van der Waals surface area contributed by atoms with Gasteiger partial charge in [0.25, 0.3) is 0 Å².